The molecule has 0 aliphatic carbocycles. The normalized spacial score (nSPS) is 33.8. The molecule has 0 saturated carbocycles. The predicted molar refractivity (Wildman–Crippen MR) is 140 cm³/mol. The molecule has 7 nitrogen and oxygen atoms in total. The van der Waals surface area contributed by atoms with E-state index >= 15 is 0 Å². The van der Waals surface area contributed by atoms with Crippen molar-refractivity contribution in [2.75, 3.05) is 6.54 Å². The van der Waals surface area contributed by atoms with Crippen LogP contribution in [0.1, 0.15) is 93.4 Å². The zero-order chi connectivity index (χ0) is 27.2. The average molecular weight is 506 g/mol. The first-order valence-electron chi connectivity index (χ1n) is 13.5. The van der Waals surface area contributed by atoms with Crippen LogP contribution in [0.3, 0.4) is 0 Å². The van der Waals surface area contributed by atoms with Crippen LogP contribution < -0.4 is 0 Å². The highest BCUT2D eigenvalue weighted by Crippen LogP contribution is 2.32. The summed E-state index contributed by atoms with van der Waals surface area (Å²) < 4.78 is 5.86. The van der Waals surface area contributed by atoms with Crippen LogP contribution in [0.15, 0.2) is 23.3 Å². The number of aliphatic hydroxyl groups is 2. The Morgan fingerprint density at radius 2 is 1.81 bits per heavy atom. The summed E-state index contributed by atoms with van der Waals surface area (Å²) >= 11 is 0. The minimum Gasteiger partial charge on any atom is -0.457 e. The number of nitrogens with zero attached hydrogens (tertiary/aromatic N) is 1. The number of carbonyl (C=O) groups excluding carboxylic acids is 3. The van der Waals surface area contributed by atoms with Gasteiger partial charge in [-0.15, -0.1) is 0 Å². The fraction of sp³-hybridized carbons (Fsp3) is 0.759. The van der Waals surface area contributed by atoms with E-state index in [-0.39, 0.29) is 30.1 Å². The second-order valence-electron chi connectivity index (χ2n) is 11.6. The molecular weight excluding hydrogens is 458 g/mol. The number of ketones is 1. The Hall–Kier alpha value is -1.99. The summed E-state index contributed by atoms with van der Waals surface area (Å²) in [5.41, 5.74) is 0.842. The Kier molecular flexibility index (Phi) is 10.9. The summed E-state index contributed by atoms with van der Waals surface area (Å²) in [4.78, 5) is 40.0. The Morgan fingerprint density at radius 1 is 1.14 bits per heavy atom. The maximum atomic E-state index is 13.2. The van der Waals surface area contributed by atoms with Crippen molar-refractivity contribution in [3.8, 4) is 0 Å². The molecule has 1 fully saturated rings. The van der Waals surface area contributed by atoms with E-state index in [1.165, 1.54) is 5.57 Å². The number of amides is 1. The number of hydrogen-bond acceptors (Lipinski definition) is 6. The van der Waals surface area contributed by atoms with Crippen LogP contribution in [-0.4, -0.2) is 63.7 Å². The number of ether oxygens (including phenoxy) is 1. The smallest absolute Gasteiger partial charge is 0.309 e. The van der Waals surface area contributed by atoms with Gasteiger partial charge in [0.25, 0.3) is 0 Å². The molecule has 0 aromatic rings. The standard InChI is InChI=1S/C29H47NO6/c1-18-10-8-11-19(2)27(34)21(4)28(35)29(6,7)25(32)17-26(33)36-24(14-13-18)20(3)16-23-12-9-15-30(23)22(5)31/h13,16,19,21,23-25,27,32,34H,8-12,14-15,17H2,1-7H3/t19-,21+,23?,24-,25-,27-/m0/s1. The number of aliphatic hydroxyl groups excluding tert-OH is 2. The minimum atomic E-state index is -1.24. The lowest BCUT2D eigenvalue weighted by Gasteiger charge is -2.34. The Morgan fingerprint density at radius 3 is 2.44 bits per heavy atom. The second-order valence-corrected chi connectivity index (χ2v) is 11.6. The Labute approximate surface area is 217 Å². The van der Waals surface area contributed by atoms with E-state index in [0.29, 0.717) is 6.42 Å². The quantitative estimate of drug-likeness (QED) is 0.427. The SMILES string of the molecule is CC(=O)N1CCCC1C=C(C)[C@@H]1CC=C(C)CCC[C@H](C)[C@H](O)[C@@H](C)C(=O)C(C)(C)[C@@H](O)CC(=O)O1. The van der Waals surface area contributed by atoms with Gasteiger partial charge in [-0.3, -0.25) is 14.4 Å². The molecule has 1 amide bonds. The molecule has 36 heavy (non-hydrogen) atoms. The summed E-state index contributed by atoms with van der Waals surface area (Å²) in [5, 5.41) is 21.7. The summed E-state index contributed by atoms with van der Waals surface area (Å²) in [6.45, 7) is 13.2. The van der Waals surface area contributed by atoms with E-state index < -0.39 is 35.6 Å². The van der Waals surface area contributed by atoms with Crippen LogP contribution >= 0.6 is 0 Å². The number of rotatable bonds is 2. The molecule has 1 saturated heterocycles. The number of Topliss-reactive ketones (excluding diaryl/α,β-unsaturated/α-hetero) is 1. The van der Waals surface area contributed by atoms with E-state index in [1.54, 1.807) is 27.7 Å². The van der Waals surface area contributed by atoms with Crippen molar-refractivity contribution in [3.63, 3.8) is 0 Å². The third kappa shape index (κ3) is 7.75. The lowest BCUT2D eigenvalue weighted by Crippen LogP contribution is -2.45. The van der Waals surface area contributed by atoms with Crippen LogP contribution in [0.25, 0.3) is 0 Å². The van der Waals surface area contributed by atoms with Gasteiger partial charge >= 0.3 is 5.97 Å². The number of esters is 1. The van der Waals surface area contributed by atoms with E-state index in [4.69, 9.17) is 4.74 Å². The number of allylic oxidation sites excluding steroid dienone is 1. The highest BCUT2D eigenvalue weighted by atomic mass is 16.5. The average Bonchev–Trinajstić information content (AvgIpc) is 3.27. The number of cyclic esters (lactones) is 1. The minimum absolute atomic E-state index is 0.0109. The summed E-state index contributed by atoms with van der Waals surface area (Å²) in [7, 11) is 0. The van der Waals surface area contributed by atoms with Crippen molar-refractivity contribution in [2.45, 2.75) is 118 Å². The van der Waals surface area contributed by atoms with Gasteiger partial charge in [0.2, 0.25) is 5.91 Å². The first-order chi connectivity index (χ1) is 16.7. The first kappa shape index (κ1) is 30.2. The maximum Gasteiger partial charge on any atom is 0.309 e. The van der Waals surface area contributed by atoms with Crippen molar-refractivity contribution in [3.05, 3.63) is 23.3 Å². The maximum absolute atomic E-state index is 13.2. The molecule has 0 aromatic carbocycles. The molecule has 2 heterocycles. The van der Waals surface area contributed by atoms with E-state index in [9.17, 15) is 24.6 Å². The van der Waals surface area contributed by atoms with Crippen LogP contribution in [0.5, 0.6) is 0 Å². The van der Waals surface area contributed by atoms with Gasteiger partial charge in [-0.05, 0) is 57.4 Å². The number of hydrogen-bond donors (Lipinski definition) is 2. The monoisotopic (exact) mass is 505 g/mol. The van der Waals surface area contributed by atoms with Crippen molar-refractivity contribution in [1.29, 1.82) is 0 Å². The molecule has 0 bridgehead atoms. The van der Waals surface area contributed by atoms with Gasteiger partial charge < -0.3 is 19.8 Å². The van der Waals surface area contributed by atoms with Crippen LogP contribution in [0, 0.1) is 17.3 Å². The Bertz CT molecular complexity index is 860. The molecule has 2 N–H and O–H groups in total. The third-order valence-electron chi connectivity index (χ3n) is 8.19. The molecule has 1 unspecified atom stereocenters. The molecule has 7 heteroatoms. The molecule has 6 atom stereocenters. The van der Waals surface area contributed by atoms with Crippen molar-refractivity contribution in [2.24, 2.45) is 17.3 Å². The van der Waals surface area contributed by atoms with Gasteiger partial charge in [0.1, 0.15) is 11.9 Å². The summed E-state index contributed by atoms with van der Waals surface area (Å²) in [6, 6.07) is -0.0109. The van der Waals surface area contributed by atoms with Gasteiger partial charge in [-0.2, -0.15) is 0 Å². The second kappa shape index (κ2) is 13.0. The highest BCUT2D eigenvalue weighted by Gasteiger charge is 2.42. The highest BCUT2D eigenvalue weighted by molar-refractivity contribution is 5.88. The van der Waals surface area contributed by atoms with Gasteiger partial charge in [0, 0.05) is 25.8 Å². The predicted octanol–water partition coefficient (Wildman–Crippen LogP) is 4.36. The van der Waals surface area contributed by atoms with Gasteiger partial charge in [0.05, 0.1) is 30.1 Å². The van der Waals surface area contributed by atoms with Crippen LogP contribution in [0.2, 0.25) is 0 Å². The molecular formula is C29H47NO6. The molecule has 204 valence electrons. The van der Waals surface area contributed by atoms with Gasteiger partial charge in [0.15, 0.2) is 0 Å². The zero-order valence-corrected chi connectivity index (χ0v) is 23.3. The lowest BCUT2D eigenvalue weighted by molar-refractivity contribution is -0.154. The molecule has 2 rings (SSSR count). The van der Waals surface area contributed by atoms with Crippen LogP contribution in [0.4, 0.5) is 0 Å². The summed E-state index contributed by atoms with van der Waals surface area (Å²) in [6.07, 6.45) is 6.09. The van der Waals surface area contributed by atoms with Crippen LogP contribution in [-0.2, 0) is 19.1 Å². The lowest BCUT2D eigenvalue weighted by atomic mass is 9.73. The molecule has 0 spiro atoms. The topological polar surface area (TPSA) is 104 Å². The van der Waals surface area contributed by atoms with Gasteiger partial charge in [-0.1, -0.05) is 45.4 Å². The molecule has 0 radical (unpaired) electrons. The number of carbonyl (C=O) groups is 3. The zero-order valence-electron chi connectivity index (χ0n) is 23.3. The van der Waals surface area contributed by atoms with Crippen molar-refractivity contribution < 1.29 is 29.3 Å². The molecule has 2 aliphatic heterocycles. The number of likely N-dealkylation sites (tertiary alicyclic amines) is 1. The molecule has 2 aliphatic rings. The van der Waals surface area contributed by atoms with Crippen molar-refractivity contribution in [1.82, 2.24) is 4.90 Å². The van der Waals surface area contributed by atoms with E-state index in [0.717, 1.165) is 44.2 Å². The fourth-order valence-electron chi connectivity index (χ4n) is 5.40. The largest absolute Gasteiger partial charge is 0.457 e. The molecule has 0 aromatic heterocycles. The van der Waals surface area contributed by atoms with Gasteiger partial charge in [-0.25, -0.2) is 0 Å². The Balaban J connectivity index is 2.32. The summed E-state index contributed by atoms with van der Waals surface area (Å²) in [5.74, 6) is -1.51. The third-order valence-corrected chi connectivity index (χ3v) is 8.19. The van der Waals surface area contributed by atoms with E-state index in [2.05, 4.69) is 13.0 Å². The van der Waals surface area contributed by atoms with E-state index in [1.807, 2.05) is 24.8 Å². The first-order valence-corrected chi connectivity index (χ1v) is 13.5. The van der Waals surface area contributed by atoms with Crippen molar-refractivity contribution >= 4 is 17.7 Å². The fourth-order valence-corrected chi connectivity index (χ4v) is 5.40.